The molecule has 8 heteroatoms. The largest absolute Gasteiger partial charge is 0.493 e. The predicted octanol–water partition coefficient (Wildman–Crippen LogP) is 5.21. The topological polar surface area (TPSA) is 77.1 Å². The summed E-state index contributed by atoms with van der Waals surface area (Å²) in [7, 11) is 0. The summed E-state index contributed by atoms with van der Waals surface area (Å²) in [5.74, 6) is 0.623. The lowest BCUT2D eigenvalue weighted by atomic mass is 10.0. The maximum atomic E-state index is 10.6. The van der Waals surface area contributed by atoms with Gasteiger partial charge in [0.2, 0.25) is 0 Å². The van der Waals surface area contributed by atoms with Crippen molar-refractivity contribution < 1.29 is 9.66 Å². The predicted molar refractivity (Wildman–Crippen MR) is 86.7 cm³/mol. The maximum absolute atomic E-state index is 10.6. The summed E-state index contributed by atoms with van der Waals surface area (Å²) in [6, 6.07) is 10.9. The monoisotopic (exact) mass is 351 g/mol. The third kappa shape index (κ3) is 3.28. The van der Waals surface area contributed by atoms with E-state index in [0.29, 0.717) is 35.1 Å². The van der Waals surface area contributed by atoms with E-state index in [9.17, 15) is 10.1 Å². The first kappa shape index (κ1) is 15.7. The third-order valence-electron chi connectivity index (χ3n) is 3.43. The van der Waals surface area contributed by atoms with Gasteiger partial charge in [0.15, 0.2) is 5.00 Å². The highest BCUT2D eigenvalue weighted by Crippen LogP contribution is 2.44. The lowest BCUT2D eigenvalue weighted by molar-refractivity contribution is -0.384. The molecule has 2 aromatic carbocycles. The highest BCUT2D eigenvalue weighted by atomic mass is 35.5. The molecule has 23 heavy (non-hydrogen) atoms. The lowest BCUT2D eigenvalue weighted by Crippen LogP contribution is -2.25. The van der Waals surface area contributed by atoms with Gasteiger partial charge in [-0.25, -0.2) is 0 Å². The summed E-state index contributed by atoms with van der Waals surface area (Å²) in [5, 5.41) is 19.5. The summed E-state index contributed by atoms with van der Waals surface area (Å²) in [6.45, 7) is 0.414. The Hall–Kier alpha value is -2.18. The summed E-state index contributed by atoms with van der Waals surface area (Å²) in [4.78, 5) is 9.10. The fourth-order valence-corrected chi connectivity index (χ4v) is 2.67. The van der Waals surface area contributed by atoms with E-state index in [-0.39, 0.29) is 5.69 Å². The first-order valence-electron chi connectivity index (χ1n) is 6.77. The molecule has 1 aliphatic heterocycles. The molecule has 1 heterocycles. The van der Waals surface area contributed by atoms with Crippen molar-refractivity contribution in [1.29, 1.82) is 0 Å². The Morgan fingerprint density at radius 2 is 1.96 bits per heavy atom. The molecule has 0 spiro atoms. The number of azo groups is 1. The zero-order valence-electron chi connectivity index (χ0n) is 11.8. The number of halogens is 2. The van der Waals surface area contributed by atoms with Gasteiger partial charge in [0.05, 0.1) is 17.2 Å². The summed E-state index contributed by atoms with van der Waals surface area (Å²) in [5.41, 5.74) is 1.13. The van der Waals surface area contributed by atoms with E-state index < -0.39 is 9.92 Å². The molecule has 6 nitrogen and oxygen atoms in total. The van der Waals surface area contributed by atoms with Gasteiger partial charge in [-0.15, -0.1) is 0 Å². The third-order valence-corrected chi connectivity index (χ3v) is 4.13. The molecule has 0 bridgehead atoms. The van der Waals surface area contributed by atoms with Crippen molar-refractivity contribution in [1.82, 2.24) is 0 Å². The Balaban J connectivity index is 1.90. The maximum Gasteiger partial charge on any atom is 0.269 e. The normalized spacial score (nSPS) is 20.1. The van der Waals surface area contributed by atoms with Gasteiger partial charge in [-0.2, -0.15) is 10.2 Å². The number of benzene rings is 2. The molecule has 0 aromatic heterocycles. The summed E-state index contributed by atoms with van der Waals surface area (Å²) < 4.78 is 5.55. The minimum atomic E-state index is -1.07. The van der Waals surface area contributed by atoms with E-state index in [2.05, 4.69) is 10.2 Å². The first-order chi connectivity index (χ1) is 11.0. The Labute approximate surface area is 141 Å². The van der Waals surface area contributed by atoms with E-state index >= 15 is 0 Å². The molecule has 2 aromatic rings. The van der Waals surface area contributed by atoms with Crippen molar-refractivity contribution in [3.63, 3.8) is 0 Å². The van der Waals surface area contributed by atoms with Crippen molar-refractivity contribution in [2.45, 2.75) is 11.4 Å². The highest BCUT2D eigenvalue weighted by Gasteiger charge is 2.36. The van der Waals surface area contributed by atoms with Crippen molar-refractivity contribution in [3.8, 4) is 5.75 Å². The van der Waals surface area contributed by atoms with Crippen LogP contribution in [0, 0.1) is 10.1 Å². The van der Waals surface area contributed by atoms with Gasteiger partial charge in [-0.05, 0) is 30.3 Å². The van der Waals surface area contributed by atoms with Crippen LogP contribution in [0.15, 0.2) is 52.7 Å². The fraction of sp³-hybridized carbons (Fsp3) is 0.200. The van der Waals surface area contributed by atoms with Crippen LogP contribution < -0.4 is 4.74 Å². The molecule has 118 valence electrons. The van der Waals surface area contributed by atoms with Crippen LogP contribution in [0.25, 0.3) is 0 Å². The fourth-order valence-electron chi connectivity index (χ4n) is 2.24. The molecular weight excluding hydrogens is 341 g/mol. The van der Waals surface area contributed by atoms with Crippen LogP contribution in [0.3, 0.4) is 0 Å². The van der Waals surface area contributed by atoms with Crippen molar-refractivity contribution >= 4 is 34.6 Å². The van der Waals surface area contributed by atoms with E-state index in [4.69, 9.17) is 27.9 Å². The van der Waals surface area contributed by atoms with Crippen LogP contribution in [-0.2, 0) is 5.00 Å². The second-order valence-corrected chi connectivity index (χ2v) is 6.03. The molecule has 3 rings (SSSR count). The van der Waals surface area contributed by atoms with Crippen molar-refractivity contribution in [2.75, 3.05) is 6.61 Å². The smallest absolute Gasteiger partial charge is 0.269 e. The molecule has 0 saturated carbocycles. The standard InChI is InChI=1S/C15H11Cl2N3O3/c16-10-1-6-14-13(9-10)15(17,7-8-23-14)19-18-11-2-4-12(5-3-11)20(21)22/h1-6,9H,7-8H2. The molecular formula is C15H11Cl2N3O3. The van der Waals surface area contributed by atoms with Crippen LogP contribution in [0.2, 0.25) is 5.02 Å². The van der Waals surface area contributed by atoms with Crippen LogP contribution in [0.1, 0.15) is 12.0 Å². The van der Waals surface area contributed by atoms with Gasteiger partial charge >= 0.3 is 0 Å². The molecule has 0 amide bonds. The van der Waals surface area contributed by atoms with E-state index in [0.717, 1.165) is 0 Å². The molecule has 1 unspecified atom stereocenters. The number of hydrogen-bond acceptors (Lipinski definition) is 5. The van der Waals surface area contributed by atoms with E-state index in [1.54, 1.807) is 18.2 Å². The number of nitro benzene ring substituents is 1. The zero-order chi connectivity index (χ0) is 16.4. The van der Waals surface area contributed by atoms with Gasteiger partial charge in [0, 0.05) is 29.1 Å². The van der Waals surface area contributed by atoms with Gasteiger partial charge < -0.3 is 4.74 Å². The van der Waals surface area contributed by atoms with E-state index in [1.807, 2.05) is 0 Å². The molecule has 0 fully saturated rings. The quantitative estimate of drug-likeness (QED) is 0.250. The number of non-ortho nitro benzene ring substituents is 1. The van der Waals surface area contributed by atoms with Crippen LogP contribution in [-0.4, -0.2) is 11.5 Å². The molecule has 0 radical (unpaired) electrons. The number of fused-ring (bicyclic) bond motifs is 1. The molecule has 1 atom stereocenters. The number of nitrogens with zero attached hydrogens (tertiary/aromatic N) is 3. The summed E-state index contributed by atoms with van der Waals surface area (Å²) >= 11 is 12.6. The molecule has 0 N–H and O–H groups in total. The molecule has 0 aliphatic carbocycles. The SMILES string of the molecule is O=[N+]([O-])c1ccc(N=NC2(Cl)CCOc3ccc(Cl)cc32)cc1. The minimum absolute atomic E-state index is 0.00673. The van der Waals surface area contributed by atoms with Gasteiger partial charge in [-0.3, -0.25) is 10.1 Å². The average molecular weight is 352 g/mol. The Kier molecular flexibility index (Phi) is 4.19. The van der Waals surface area contributed by atoms with Gasteiger partial charge in [0.1, 0.15) is 5.75 Å². The number of nitro groups is 1. The number of hydrogen-bond donors (Lipinski definition) is 0. The Morgan fingerprint density at radius 1 is 1.22 bits per heavy atom. The lowest BCUT2D eigenvalue weighted by Gasteiger charge is -2.29. The second kappa shape index (κ2) is 6.14. The van der Waals surface area contributed by atoms with Crippen LogP contribution >= 0.6 is 23.2 Å². The van der Waals surface area contributed by atoms with Crippen LogP contribution in [0.4, 0.5) is 11.4 Å². The molecule has 1 aliphatic rings. The van der Waals surface area contributed by atoms with E-state index in [1.165, 1.54) is 24.3 Å². The molecule has 0 saturated heterocycles. The number of rotatable bonds is 3. The van der Waals surface area contributed by atoms with Crippen LogP contribution in [0.5, 0.6) is 5.75 Å². The van der Waals surface area contributed by atoms with Gasteiger partial charge in [-0.1, -0.05) is 23.2 Å². The summed E-state index contributed by atoms with van der Waals surface area (Å²) in [6.07, 6.45) is 0.443. The number of ether oxygens (including phenoxy) is 1. The second-order valence-electron chi connectivity index (χ2n) is 4.97. The van der Waals surface area contributed by atoms with Crippen molar-refractivity contribution in [3.05, 3.63) is 63.2 Å². The van der Waals surface area contributed by atoms with Gasteiger partial charge in [0.25, 0.3) is 5.69 Å². The minimum Gasteiger partial charge on any atom is -0.493 e. The Bertz CT molecular complexity index is 780. The van der Waals surface area contributed by atoms with Crippen molar-refractivity contribution in [2.24, 2.45) is 10.2 Å². The zero-order valence-corrected chi connectivity index (χ0v) is 13.3. The first-order valence-corrected chi connectivity index (χ1v) is 7.53. The Morgan fingerprint density at radius 3 is 2.65 bits per heavy atom. The average Bonchev–Trinajstić information content (AvgIpc) is 2.54. The highest BCUT2D eigenvalue weighted by molar-refractivity contribution is 6.31. The number of alkyl halides is 1.